The molecule has 0 bridgehead atoms. The molecule has 0 atom stereocenters. The van der Waals surface area contributed by atoms with Gasteiger partial charge >= 0.3 is 0 Å². The Kier molecular flexibility index (Phi) is 4.38. The van der Waals surface area contributed by atoms with Crippen molar-refractivity contribution in [3.8, 4) is 0 Å². The van der Waals surface area contributed by atoms with Crippen LogP contribution in [0.3, 0.4) is 0 Å². The fourth-order valence-electron chi connectivity index (χ4n) is 1.99. The van der Waals surface area contributed by atoms with E-state index in [2.05, 4.69) is 29.2 Å². The summed E-state index contributed by atoms with van der Waals surface area (Å²) in [5.41, 5.74) is 3.39. The fraction of sp³-hybridized carbons (Fsp3) is 0.188. The standard InChI is InChI=1S/C16H15ClN2S2/c1-19(2)12-7-8-15-14(9-12)18-16(21-15)20-10-11-5-3-4-6-13(11)17/h3-9H,10H2,1-2H3. The average molecular weight is 335 g/mol. The molecule has 0 aliphatic rings. The molecule has 2 nitrogen and oxygen atoms in total. The zero-order valence-electron chi connectivity index (χ0n) is 11.8. The van der Waals surface area contributed by atoms with Crippen molar-refractivity contribution < 1.29 is 0 Å². The lowest BCUT2D eigenvalue weighted by Gasteiger charge is -2.11. The second kappa shape index (κ2) is 6.26. The number of rotatable bonds is 4. The Morgan fingerprint density at radius 1 is 1.19 bits per heavy atom. The van der Waals surface area contributed by atoms with Gasteiger partial charge in [-0.05, 0) is 29.8 Å². The SMILES string of the molecule is CN(C)c1ccc2sc(SCc3ccccc3Cl)nc2c1. The highest BCUT2D eigenvalue weighted by Crippen LogP contribution is 2.34. The molecule has 0 N–H and O–H groups in total. The normalized spacial score (nSPS) is 11.0. The second-order valence-electron chi connectivity index (χ2n) is 4.91. The summed E-state index contributed by atoms with van der Waals surface area (Å²) in [5, 5.41) is 0.820. The number of benzene rings is 2. The van der Waals surface area contributed by atoms with Crippen molar-refractivity contribution in [1.29, 1.82) is 0 Å². The maximum Gasteiger partial charge on any atom is 0.151 e. The number of fused-ring (bicyclic) bond motifs is 1. The van der Waals surface area contributed by atoms with Crippen LogP contribution in [0.2, 0.25) is 5.02 Å². The lowest BCUT2D eigenvalue weighted by atomic mass is 10.2. The largest absolute Gasteiger partial charge is 0.378 e. The maximum atomic E-state index is 6.19. The summed E-state index contributed by atoms with van der Waals surface area (Å²) in [7, 11) is 4.08. The van der Waals surface area contributed by atoms with Crippen molar-refractivity contribution in [2.75, 3.05) is 19.0 Å². The molecule has 0 unspecified atom stereocenters. The summed E-state index contributed by atoms with van der Waals surface area (Å²) in [4.78, 5) is 6.80. The van der Waals surface area contributed by atoms with E-state index >= 15 is 0 Å². The number of thiazole rings is 1. The summed E-state index contributed by atoms with van der Waals surface area (Å²) in [6.45, 7) is 0. The molecule has 3 rings (SSSR count). The monoisotopic (exact) mass is 334 g/mol. The van der Waals surface area contributed by atoms with Gasteiger partial charge in [-0.1, -0.05) is 41.6 Å². The molecule has 5 heteroatoms. The maximum absolute atomic E-state index is 6.19. The number of halogens is 1. The lowest BCUT2D eigenvalue weighted by molar-refractivity contribution is 1.13. The molecule has 0 saturated heterocycles. The molecule has 0 saturated carbocycles. The number of aromatic nitrogens is 1. The third-order valence-corrected chi connectivity index (χ3v) is 5.77. The minimum Gasteiger partial charge on any atom is -0.378 e. The first-order chi connectivity index (χ1) is 10.1. The fourth-order valence-corrected chi connectivity index (χ4v) is 4.32. The highest BCUT2D eigenvalue weighted by Gasteiger charge is 2.07. The van der Waals surface area contributed by atoms with Crippen LogP contribution in [-0.2, 0) is 5.75 Å². The van der Waals surface area contributed by atoms with Crippen LogP contribution < -0.4 is 4.90 Å². The van der Waals surface area contributed by atoms with E-state index in [1.807, 2.05) is 32.3 Å². The van der Waals surface area contributed by atoms with E-state index < -0.39 is 0 Å². The van der Waals surface area contributed by atoms with Crippen molar-refractivity contribution in [3.63, 3.8) is 0 Å². The predicted molar refractivity (Wildman–Crippen MR) is 95.0 cm³/mol. The van der Waals surface area contributed by atoms with Crippen LogP contribution in [0.4, 0.5) is 5.69 Å². The van der Waals surface area contributed by atoms with Gasteiger partial charge in [0.1, 0.15) is 0 Å². The van der Waals surface area contributed by atoms with E-state index in [0.29, 0.717) is 0 Å². The minimum absolute atomic E-state index is 0.820. The van der Waals surface area contributed by atoms with Gasteiger partial charge in [0.15, 0.2) is 4.34 Å². The van der Waals surface area contributed by atoms with Crippen LogP contribution in [0, 0.1) is 0 Å². The van der Waals surface area contributed by atoms with Gasteiger partial charge in [-0.25, -0.2) is 4.98 Å². The molecule has 108 valence electrons. The molecule has 0 fully saturated rings. The van der Waals surface area contributed by atoms with Crippen LogP contribution >= 0.6 is 34.7 Å². The van der Waals surface area contributed by atoms with E-state index in [1.54, 1.807) is 23.1 Å². The van der Waals surface area contributed by atoms with Crippen LogP contribution in [0.1, 0.15) is 5.56 Å². The van der Waals surface area contributed by atoms with Crippen molar-refractivity contribution in [2.24, 2.45) is 0 Å². The molecule has 0 aliphatic heterocycles. The Bertz CT molecular complexity index is 768. The summed E-state index contributed by atoms with van der Waals surface area (Å²) < 4.78 is 2.31. The Labute approximate surface area is 137 Å². The first-order valence-corrected chi connectivity index (χ1v) is 8.75. The molecule has 0 amide bonds. The van der Waals surface area contributed by atoms with Crippen molar-refractivity contribution >= 4 is 50.6 Å². The first-order valence-electron chi connectivity index (χ1n) is 6.57. The molecule has 1 aromatic heterocycles. The van der Waals surface area contributed by atoms with Crippen molar-refractivity contribution in [3.05, 3.63) is 53.1 Å². The predicted octanol–water partition coefficient (Wildman–Crippen LogP) is 5.31. The molecule has 0 radical (unpaired) electrons. The molecule has 1 heterocycles. The van der Waals surface area contributed by atoms with Gasteiger partial charge < -0.3 is 4.90 Å². The van der Waals surface area contributed by atoms with Crippen LogP contribution in [0.15, 0.2) is 46.8 Å². The Hall–Kier alpha value is -1.23. The summed E-state index contributed by atoms with van der Waals surface area (Å²) in [5.74, 6) is 0.847. The Morgan fingerprint density at radius 3 is 2.76 bits per heavy atom. The molecule has 2 aromatic carbocycles. The lowest BCUT2D eigenvalue weighted by Crippen LogP contribution is -2.07. The van der Waals surface area contributed by atoms with Crippen LogP contribution in [0.5, 0.6) is 0 Å². The van der Waals surface area contributed by atoms with Gasteiger partial charge in [0, 0.05) is 30.6 Å². The van der Waals surface area contributed by atoms with Gasteiger partial charge in [0.2, 0.25) is 0 Å². The van der Waals surface area contributed by atoms with E-state index in [4.69, 9.17) is 16.6 Å². The summed E-state index contributed by atoms with van der Waals surface area (Å²) in [6.07, 6.45) is 0. The highest BCUT2D eigenvalue weighted by molar-refractivity contribution is 8.00. The zero-order valence-corrected chi connectivity index (χ0v) is 14.2. The van der Waals surface area contributed by atoms with E-state index in [0.717, 1.165) is 26.2 Å². The zero-order chi connectivity index (χ0) is 14.8. The Balaban J connectivity index is 1.80. The third kappa shape index (κ3) is 3.34. The van der Waals surface area contributed by atoms with E-state index in [-0.39, 0.29) is 0 Å². The molecule has 21 heavy (non-hydrogen) atoms. The highest BCUT2D eigenvalue weighted by atomic mass is 35.5. The van der Waals surface area contributed by atoms with Crippen LogP contribution in [0.25, 0.3) is 10.2 Å². The molecule has 0 aliphatic carbocycles. The second-order valence-corrected chi connectivity index (χ2v) is 7.57. The van der Waals surface area contributed by atoms with Gasteiger partial charge in [0.05, 0.1) is 10.2 Å². The van der Waals surface area contributed by atoms with Gasteiger partial charge in [-0.3, -0.25) is 0 Å². The third-order valence-electron chi connectivity index (χ3n) is 3.18. The first kappa shape index (κ1) is 14.7. The van der Waals surface area contributed by atoms with Crippen molar-refractivity contribution in [2.45, 2.75) is 10.1 Å². The number of anilines is 1. The van der Waals surface area contributed by atoms with E-state index in [1.165, 1.54) is 10.4 Å². The topological polar surface area (TPSA) is 16.1 Å². The molecule has 0 spiro atoms. The quantitative estimate of drug-likeness (QED) is 0.602. The Morgan fingerprint density at radius 2 is 2.00 bits per heavy atom. The smallest absolute Gasteiger partial charge is 0.151 e. The average Bonchev–Trinajstić information content (AvgIpc) is 2.88. The van der Waals surface area contributed by atoms with E-state index in [9.17, 15) is 0 Å². The minimum atomic E-state index is 0.820. The molecular weight excluding hydrogens is 320 g/mol. The summed E-state index contributed by atoms with van der Waals surface area (Å²) in [6, 6.07) is 14.4. The number of thioether (sulfide) groups is 1. The molecular formula is C16H15ClN2S2. The van der Waals surface area contributed by atoms with Gasteiger partial charge in [-0.2, -0.15) is 0 Å². The summed E-state index contributed by atoms with van der Waals surface area (Å²) >= 11 is 9.66. The number of hydrogen-bond donors (Lipinski definition) is 0. The van der Waals surface area contributed by atoms with Crippen molar-refractivity contribution in [1.82, 2.24) is 4.98 Å². The molecule has 3 aromatic rings. The van der Waals surface area contributed by atoms with Crippen LogP contribution in [-0.4, -0.2) is 19.1 Å². The number of nitrogens with zero attached hydrogens (tertiary/aromatic N) is 2. The number of hydrogen-bond acceptors (Lipinski definition) is 4. The van der Waals surface area contributed by atoms with Gasteiger partial charge in [-0.15, -0.1) is 11.3 Å². The van der Waals surface area contributed by atoms with Gasteiger partial charge in [0.25, 0.3) is 0 Å².